The first kappa shape index (κ1) is 10.6. The van der Waals surface area contributed by atoms with Crippen molar-refractivity contribution in [2.45, 2.75) is 0 Å². The maximum absolute atomic E-state index is 10.3. The minimum atomic E-state index is -1.02. The molecule has 0 saturated carbocycles. The molecule has 0 amide bonds. The Labute approximate surface area is 86.6 Å². The highest BCUT2D eigenvalue weighted by Gasteiger charge is 2.03. The number of ether oxygens (including phenoxy) is 1. The molecule has 0 saturated heterocycles. The molecule has 14 heavy (non-hydrogen) atoms. The molecule has 1 aromatic rings. The Morgan fingerprint density at radius 2 is 2.29 bits per heavy atom. The van der Waals surface area contributed by atoms with Crippen molar-refractivity contribution < 1.29 is 14.6 Å². The quantitative estimate of drug-likeness (QED) is 0.783. The lowest BCUT2D eigenvalue weighted by atomic mass is 10.2. The van der Waals surface area contributed by atoms with E-state index in [0.29, 0.717) is 16.3 Å². The number of hydrogen-bond acceptors (Lipinski definition) is 2. The van der Waals surface area contributed by atoms with Crippen molar-refractivity contribution in [1.82, 2.24) is 0 Å². The van der Waals surface area contributed by atoms with E-state index in [1.54, 1.807) is 18.2 Å². The molecule has 0 unspecified atom stereocenters. The smallest absolute Gasteiger partial charge is 0.328 e. The SMILES string of the molecule is COc1cccc(Cl)c1/C=C/C(=O)O. The van der Waals surface area contributed by atoms with Gasteiger partial charge < -0.3 is 9.84 Å². The van der Waals surface area contributed by atoms with Crippen LogP contribution in [-0.4, -0.2) is 18.2 Å². The van der Waals surface area contributed by atoms with Crippen LogP contribution in [0.3, 0.4) is 0 Å². The van der Waals surface area contributed by atoms with Gasteiger partial charge >= 0.3 is 5.97 Å². The summed E-state index contributed by atoms with van der Waals surface area (Å²) >= 11 is 5.87. The molecule has 0 aromatic heterocycles. The number of carbonyl (C=O) groups is 1. The Kier molecular flexibility index (Phi) is 3.54. The van der Waals surface area contributed by atoms with Crippen molar-refractivity contribution in [3.05, 3.63) is 34.9 Å². The predicted octanol–water partition coefficient (Wildman–Crippen LogP) is 2.45. The van der Waals surface area contributed by atoms with Crippen LogP contribution in [0.15, 0.2) is 24.3 Å². The van der Waals surface area contributed by atoms with Crippen LogP contribution in [0.4, 0.5) is 0 Å². The third-order valence-corrected chi connectivity index (χ3v) is 1.95. The molecule has 3 nitrogen and oxygen atoms in total. The van der Waals surface area contributed by atoms with Gasteiger partial charge in [0.25, 0.3) is 0 Å². The van der Waals surface area contributed by atoms with E-state index in [-0.39, 0.29) is 0 Å². The van der Waals surface area contributed by atoms with Crippen LogP contribution in [0.25, 0.3) is 6.08 Å². The lowest BCUT2D eigenvalue weighted by Crippen LogP contribution is -1.90. The average Bonchev–Trinajstić information content (AvgIpc) is 2.15. The van der Waals surface area contributed by atoms with Gasteiger partial charge in [0.15, 0.2) is 0 Å². The van der Waals surface area contributed by atoms with Crippen LogP contribution in [0.2, 0.25) is 5.02 Å². The molecule has 1 aromatic carbocycles. The Morgan fingerprint density at radius 3 is 2.86 bits per heavy atom. The van der Waals surface area contributed by atoms with Crippen LogP contribution in [-0.2, 0) is 4.79 Å². The third kappa shape index (κ3) is 2.50. The Balaban J connectivity index is 3.11. The summed E-state index contributed by atoms with van der Waals surface area (Å²) in [7, 11) is 1.50. The van der Waals surface area contributed by atoms with Gasteiger partial charge in [-0.05, 0) is 18.2 Å². The normalized spacial score (nSPS) is 10.4. The lowest BCUT2D eigenvalue weighted by molar-refractivity contribution is -0.131. The number of carboxylic acid groups (broad SMARTS) is 1. The van der Waals surface area contributed by atoms with E-state index in [1.807, 2.05) is 0 Å². The number of methoxy groups -OCH3 is 1. The minimum Gasteiger partial charge on any atom is -0.496 e. The molecule has 74 valence electrons. The molecule has 0 heterocycles. The summed E-state index contributed by atoms with van der Waals surface area (Å²) in [5, 5.41) is 8.92. The van der Waals surface area contributed by atoms with E-state index in [1.165, 1.54) is 13.2 Å². The Bertz CT molecular complexity index is 372. The zero-order valence-corrected chi connectivity index (χ0v) is 8.28. The second kappa shape index (κ2) is 4.67. The minimum absolute atomic E-state index is 0.460. The predicted molar refractivity (Wildman–Crippen MR) is 54.7 cm³/mol. The second-order valence-electron chi connectivity index (χ2n) is 2.53. The Hall–Kier alpha value is -1.48. The molecule has 0 radical (unpaired) electrons. The third-order valence-electron chi connectivity index (χ3n) is 1.63. The molecule has 0 aliphatic heterocycles. The van der Waals surface area contributed by atoms with E-state index < -0.39 is 5.97 Å². The zero-order chi connectivity index (χ0) is 10.6. The largest absolute Gasteiger partial charge is 0.496 e. The first-order valence-corrected chi connectivity index (χ1v) is 4.26. The Morgan fingerprint density at radius 1 is 1.57 bits per heavy atom. The van der Waals surface area contributed by atoms with Gasteiger partial charge in [0.2, 0.25) is 0 Å². The molecule has 0 spiro atoms. The maximum Gasteiger partial charge on any atom is 0.328 e. The fourth-order valence-corrected chi connectivity index (χ4v) is 1.24. The number of benzene rings is 1. The standard InChI is InChI=1S/C10H9ClO3/c1-14-9-4-2-3-8(11)7(9)5-6-10(12)13/h2-6H,1H3,(H,12,13)/b6-5+. The summed E-state index contributed by atoms with van der Waals surface area (Å²) in [6.07, 6.45) is 2.42. The highest BCUT2D eigenvalue weighted by atomic mass is 35.5. The summed E-state index contributed by atoms with van der Waals surface area (Å²) in [6.45, 7) is 0. The van der Waals surface area contributed by atoms with Gasteiger partial charge in [0, 0.05) is 11.6 Å². The van der Waals surface area contributed by atoms with Crippen molar-refractivity contribution in [1.29, 1.82) is 0 Å². The average molecular weight is 213 g/mol. The molecule has 1 rings (SSSR count). The number of aliphatic carboxylic acids is 1. The highest BCUT2D eigenvalue weighted by molar-refractivity contribution is 6.32. The molecule has 1 N–H and O–H groups in total. The van der Waals surface area contributed by atoms with Gasteiger partial charge in [-0.2, -0.15) is 0 Å². The van der Waals surface area contributed by atoms with Gasteiger partial charge in [0.05, 0.1) is 12.1 Å². The van der Waals surface area contributed by atoms with Crippen molar-refractivity contribution in [2.24, 2.45) is 0 Å². The van der Waals surface area contributed by atoms with Gasteiger partial charge in [-0.1, -0.05) is 17.7 Å². The summed E-state index contributed by atoms with van der Waals surface area (Å²) in [6, 6.07) is 5.12. The molecular weight excluding hydrogens is 204 g/mol. The van der Waals surface area contributed by atoms with Gasteiger partial charge in [-0.3, -0.25) is 0 Å². The summed E-state index contributed by atoms with van der Waals surface area (Å²) in [5.41, 5.74) is 0.569. The van der Waals surface area contributed by atoms with E-state index in [0.717, 1.165) is 6.08 Å². The van der Waals surface area contributed by atoms with E-state index in [9.17, 15) is 4.79 Å². The first-order valence-electron chi connectivity index (χ1n) is 3.88. The summed E-state index contributed by atoms with van der Waals surface area (Å²) < 4.78 is 5.03. The van der Waals surface area contributed by atoms with Crippen LogP contribution in [0.1, 0.15) is 5.56 Å². The molecule has 0 fully saturated rings. The molecule has 0 bridgehead atoms. The number of hydrogen-bond donors (Lipinski definition) is 1. The highest BCUT2D eigenvalue weighted by Crippen LogP contribution is 2.27. The molecule has 0 atom stereocenters. The van der Waals surface area contributed by atoms with Gasteiger partial charge in [0.1, 0.15) is 5.75 Å². The summed E-state index contributed by atoms with van der Waals surface area (Å²) in [5.74, 6) is -0.470. The van der Waals surface area contributed by atoms with Gasteiger partial charge in [-0.15, -0.1) is 0 Å². The fourth-order valence-electron chi connectivity index (χ4n) is 1.01. The topological polar surface area (TPSA) is 46.5 Å². The van der Waals surface area contributed by atoms with Crippen molar-refractivity contribution in [3.63, 3.8) is 0 Å². The van der Waals surface area contributed by atoms with Crippen molar-refractivity contribution in [3.8, 4) is 5.75 Å². The van der Waals surface area contributed by atoms with Crippen LogP contribution >= 0.6 is 11.6 Å². The van der Waals surface area contributed by atoms with E-state index >= 15 is 0 Å². The van der Waals surface area contributed by atoms with Crippen LogP contribution in [0, 0.1) is 0 Å². The molecule has 4 heteroatoms. The van der Waals surface area contributed by atoms with E-state index in [2.05, 4.69) is 0 Å². The van der Waals surface area contributed by atoms with E-state index in [4.69, 9.17) is 21.4 Å². The van der Waals surface area contributed by atoms with Crippen LogP contribution in [0.5, 0.6) is 5.75 Å². The zero-order valence-electron chi connectivity index (χ0n) is 7.53. The lowest BCUT2D eigenvalue weighted by Gasteiger charge is -2.05. The van der Waals surface area contributed by atoms with Crippen molar-refractivity contribution in [2.75, 3.05) is 7.11 Å². The number of halogens is 1. The van der Waals surface area contributed by atoms with Crippen molar-refractivity contribution >= 4 is 23.6 Å². The van der Waals surface area contributed by atoms with Gasteiger partial charge in [-0.25, -0.2) is 4.79 Å². The fraction of sp³-hybridized carbons (Fsp3) is 0.100. The molecule has 0 aliphatic rings. The summed E-state index contributed by atoms with van der Waals surface area (Å²) in [4.78, 5) is 10.3. The first-order chi connectivity index (χ1) is 6.65. The number of carboxylic acids is 1. The number of rotatable bonds is 3. The van der Waals surface area contributed by atoms with Crippen LogP contribution < -0.4 is 4.74 Å². The molecular formula is C10H9ClO3. The molecule has 0 aliphatic carbocycles. The second-order valence-corrected chi connectivity index (χ2v) is 2.93. The monoisotopic (exact) mass is 212 g/mol. The maximum atomic E-state index is 10.3.